The van der Waals surface area contributed by atoms with E-state index in [0.29, 0.717) is 10.6 Å². The number of hydrogen-bond donors (Lipinski definition) is 3. The fraction of sp³-hybridized carbons (Fsp3) is 0. The predicted molar refractivity (Wildman–Crippen MR) is 74.9 cm³/mol. The van der Waals surface area contributed by atoms with Gasteiger partial charge in [0.15, 0.2) is 5.65 Å². The van der Waals surface area contributed by atoms with Gasteiger partial charge in [0.2, 0.25) is 5.88 Å². The van der Waals surface area contributed by atoms with Crippen molar-refractivity contribution >= 4 is 23.2 Å². The van der Waals surface area contributed by atoms with E-state index in [1.54, 1.807) is 18.2 Å². The largest absolute Gasteiger partial charge is 0.493 e. The van der Waals surface area contributed by atoms with Crippen molar-refractivity contribution in [3.63, 3.8) is 0 Å². The maximum Gasteiger partial charge on any atom is 0.341 e. The quantitative estimate of drug-likeness (QED) is 0.668. The Labute approximate surface area is 122 Å². The SMILES string of the molecule is O=C(O)c1cnn2c(O)c(-c3cccc(Cl)c3)c(=O)[nH]c12. The number of nitrogens with one attached hydrogen (secondary N) is 1. The predicted octanol–water partition coefficient (Wildman–Crippen LogP) is 1.75. The van der Waals surface area contributed by atoms with E-state index in [4.69, 9.17) is 16.7 Å². The summed E-state index contributed by atoms with van der Waals surface area (Å²) in [6, 6.07) is 6.38. The Balaban J connectivity index is 2.36. The number of aromatic hydroxyl groups is 1. The van der Waals surface area contributed by atoms with Crippen molar-refractivity contribution in [3.05, 3.63) is 51.4 Å². The van der Waals surface area contributed by atoms with Gasteiger partial charge in [-0.15, -0.1) is 0 Å². The lowest BCUT2D eigenvalue weighted by Crippen LogP contribution is -2.13. The van der Waals surface area contributed by atoms with Crippen molar-refractivity contribution < 1.29 is 15.0 Å². The Morgan fingerprint density at radius 1 is 1.38 bits per heavy atom. The van der Waals surface area contributed by atoms with Crippen LogP contribution in [-0.4, -0.2) is 30.8 Å². The number of fused-ring (bicyclic) bond motifs is 1. The Bertz CT molecular complexity index is 929. The fourth-order valence-electron chi connectivity index (χ4n) is 2.07. The molecule has 3 rings (SSSR count). The average molecular weight is 306 g/mol. The van der Waals surface area contributed by atoms with Gasteiger partial charge < -0.3 is 15.2 Å². The minimum absolute atomic E-state index is 0.0370. The number of carboxylic acids is 1. The molecule has 0 atom stereocenters. The number of carboxylic acid groups (broad SMARTS) is 1. The van der Waals surface area contributed by atoms with Crippen molar-refractivity contribution in [1.29, 1.82) is 0 Å². The Morgan fingerprint density at radius 2 is 2.14 bits per heavy atom. The van der Waals surface area contributed by atoms with Crippen molar-refractivity contribution in [1.82, 2.24) is 14.6 Å². The third kappa shape index (κ3) is 2.03. The minimum atomic E-state index is -1.25. The molecule has 21 heavy (non-hydrogen) atoms. The number of rotatable bonds is 2. The van der Waals surface area contributed by atoms with Crippen LogP contribution in [0.5, 0.6) is 5.88 Å². The minimum Gasteiger partial charge on any atom is -0.493 e. The third-order valence-corrected chi connectivity index (χ3v) is 3.23. The van der Waals surface area contributed by atoms with Gasteiger partial charge >= 0.3 is 5.97 Å². The van der Waals surface area contributed by atoms with Crippen molar-refractivity contribution in [3.8, 4) is 17.0 Å². The lowest BCUT2D eigenvalue weighted by Gasteiger charge is -2.06. The van der Waals surface area contributed by atoms with E-state index in [-0.39, 0.29) is 16.8 Å². The van der Waals surface area contributed by atoms with Crippen LogP contribution in [0.4, 0.5) is 0 Å². The number of nitrogens with zero attached hydrogens (tertiary/aromatic N) is 2. The molecule has 0 aliphatic rings. The van der Waals surface area contributed by atoms with E-state index < -0.39 is 17.4 Å². The first-order valence-electron chi connectivity index (χ1n) is 5.81. The van der Waals surface area contributed by atoms with Gasteiger partial charge in [-0.2, -0.15) is 9.61 Å². The highest BCUT2D eigenvalue weighted by atomic mass is 35.5. The smallest absolute Gasteiger partial charge is 0.341 e. The molecule has 0 aliphatic carbocycles. The Kier molecular flexibility index (Phi) is 2.91. The van der Waals surface area contributed by atoms with Crippen molar-refractivity contribution in [2.75, 3.05) is 0 Å². The number of H-pyrrole nitrogens is 1. The van der Waals surface area contributed by atoms with Gasteiger partial charge in [-0.05, 0) is 17.7 Å². The summed E-state index contributed by atoms with van der Waals surface area (Å²) < 4.78 is 0.959. The molecule has 3 N–H and O–H groups in total. The molecule has 0 radical (unpaired) electrons. The molecule has 106 valence electrons. The maximum atomic E-state index is 12.1. The number of carbonyl (C=O) groups is 1. The molecule has 7 nitrogen and oxygen atoms in total. The molecule has 0 amide bonds. The molecule has 0 saturated carbocycles. The summed E-state index contributed by atoms with van der Waals surface area (Å²) in [6.45, 7) is 0. The van der Waals surface area contributed by atoms with E-state index >= 15 is 0 Å². The topological polar surface area (TPSA) is 108 Å². The van der Waals surface area contributed by atoms with E-state index in [1.807, 2.05) is 0 Å². The van der Waals surface area contributed by atoms with Crippen LogP contribution < -0.4 is 5.56 Å². The van der Waals surface area contributed by atoms with Crippen LogP contribution in [0.2, 0.25) is 5.02 Å². The zero-order valence-electron chi connectivity index (χ0n) is 10.4. The van der Waals surface area contributed by atoms with Gasteiger partial charge in [0, 0.05) is 5.02 Å². The Morgan fingerprint density at radius 3 is 2.81 bits per heavy atom. The second-order valence-electron chi connectivity index (χ2n) is 4.29. The highest BCUT2D eigenvalue weighted by Crippen LogP contribution is 2.27. The number of aromatic carboxylic acids is 1. The molecular formula is C13H8ClN3O4. The molecule has 0 unspecified atom stereocenters. The van der Waals surface area contributed by atoms with Gasteiger partial charge in [0.25, 0.3) is 5.56 Å². The second-order valence-corrected chi connectivity index (χ2v) is 4.72. The summed E-state index contributed by atoms with van der Waals surface area (Å²) in [4.78, 5) is 25.6. The lowest BCUT2D eigenvalue weighted by molar-refractivity contribution is 0.0699. The number of halogens is 1. The second kappa shape index (κ2) is 4.64. The van der Waals surface area contributed by atoms with Crippen LogP contribution >= 0.6 is 11.6 Å². The van der Waals surface area contributed by atoms with Gasteiger partial charge in [-0.25, -0.2) is 4.79 Å². The highest BCUT2D eigenvalue weighted by Gasteiger charge is 2.19. The molecule has 0 fully saturated rings. The zero-order chi connectivity index (χ0) is 15.1. The van der Waals surface area contributed by atoms with Gasteiger partial charge in [-0.1, -0.05) is 23.7 Å². The van der Waals surface area contributed by atoms with Crippen LogP contribution in [-0.2, 0) is 0 Å². The van der Waals surface area contributed by atoms with Crippen molar-refractivity contribution in [2.45, 2.75) is 0 Å². The molecular weight excluding hydrogens is 298 g/mol. The zero-order valence-corrected chi connectivity index (χ0v) is 11.1. The molecule has 0 spiro atoms. The first-order valence-corrected chi connectivity index (χ1v) is 6.19. The van der Waals surface area contributed by atoms with E-state index in [1.165, 1.54) is 6.07 Å². The van der Waals surface area contributed by atoms with Crippen LogP contribution in [0.1, 0.15) is 10.4 Å². The first kappa shape index (κ1) is 13.2. The van der Waals surface area contributed by atoms with Crippen LogP contribution in [0.15, 0.2) is 35.3 Å². The molecule has 8 heteroatoms. The van der Waals surface area contributed by atoms with Gasteiger partial charge in [0.1, 0.15) is 11.1 Å². The molecule has 3 aromatic rings. The normalized spacial score (nSPS) is 10.9. The van der Waals surface area contributed by atoms with Crippen LogP contribution in [0.25, 0.3) is 16.8 Å². The summed E-state index contributed by atoms with van der Waals surface area (Å²) in [6.07, 6.45) is 1.05. The maximum absolute atomic E-state index is 12.1. The average Bonchev–Trinajstić information content (AvgIpc) is 2.82. The molecule has 1 aromatic carbocycles. The molecule has 2 aromatic heterocycles. The number of aromatic amines is 1. The summed E-state index contributed by atoms with van der Waals surface area (Å²) in [7, 11) is 0. The van der Waals surface area contributed by atoms with E-state index in [2.05, 4.69) is 10.1 Å². The van der Waals surface area contributed by atoms with E-state index in [9.17, 15) is 14.7 Å². The van der Waals surface area contributed by atoms with Gasteiger partial charge in [0.05, 0.1) is 6.20 Å². The monoisotopic (exact) mass is 305 g/mol. The molecule has 0 bridgehead atoms. The summed E-state index contributed by atoms with van der Waals surface area (Å²) >= 11 is 5.87. The lowest BCUT2D eigenvalue weighted by atomic mass is 10.1. The summed E-state index contributed by atoms with van der Waals surface area (Å²) in [5, 5.41) is 23.4. The van der Waals surface area contributed by atoms with Crippen LogP contribution in [0, 0.1) is 0 Å². The molecule has 2 heterocycles. The standard InChI is InChI=1S/C13H8ClN3O4/c14-7-3-1-2-6(4-7)9-11(18)16-10-8(13(20)21)5-15-17(10)12(9)19/h1-5,19H,(H,16,18)(H,20,21). The number of hydrogen-bond acceptors (Lipinski definition) is 4. The molecule has 0 aliphatic heterocycles. The number of aromatic nitrogens is 3. The third-order valence-electron chi connectivity index (χ3n) is 3.00. The first-order chi connectivity index (χ1) is 9.99. The number of benzene rings is 1. The van der Waals surface area contributed by atoms with E-state index in [0.717, 1.165) is 10.7 Å². The van der Waals surface area contributed by atoms with Crippen LogP contribution in [0.3, 0.4) is 0 Å². The highest BCUT2D eigenvalue weighted by molar-refractivity contribution is 6.30. The summed E-state index contributed by atoms with van der Waals surface area (Å²) in [5.74, 6) is -1.71. The van der Waals surface area contributed by atoms with Gasteiger partial charge in [-0.3, -0.25) is 4.79 Å². The Hall–Kier alpha value is -2.80. The fourth-order valence-corrected chi connectivity index (χ4v) is 2.26. The summed E-state index contributed by atoms with van der Waals surface area (Å²) in [5.41, 5.74) is -0.568. The van der Waals surface area contributed by atoms with Crippen molar-refractivity contribution in [2.24, 2.45) is 0 Å². The molecule has 0 saturated heterocycles.